The van der Waals surface area contributed by atoms with Crippen molar-refractivity contribution in [2.75, 3.05) is 6.54 Å². The van der Waals surface area contributed by atoms with Crippen molar-refractivity contribution in [2.45, 2.75) is 32.4 Å². The summed E-state index contributed by atoms with van der Waals surface area (Å²) in [5, 5.41) is 16.6. The van der Waals surface area contributed by atoms with E-state index < -0.39 is 5.97 Å². The highest BCUT2D eigenvalue weighted by Gasteiger charge is 2.29. The second-order valence-electron chi connectivity index (χ2n) is 5.91. The fourth-order valence-electron chi connectivity index (χ4n) is 2.93. The molecule has 3 rings (SSSR count). The number of likely N-dealkylation sites (tertiary alicyclic amines) is 1. The van der Waals surface area contributed by atoms with Crippen LogP contribution in [-0.2, 0) is 11.3 Å². The van der Waals surface area contributed by atoms with Gasteiger partial charge < -0.3 is 5.11 Å². The summed E-state index contributed by atoms with van der Waals surface area (Å²) < 4.78 is 0. The average molecular weight is 300 g/mol. The van der Waals surface area contributed by atoms with Crippen LogP contribution >= 0.6 is 0 Å². The summed E-state index contributed by atoms with van der Waals surface area (Å²) in [5.41, 5.74) is 2.91. The van der Waals surface area contributed by atoms with Crippen molar-refractivity contribution >= 4 is 5.97 Å². The molecule has 6 heteroatoms. The predicted octanol–water partition coefficient (Wildman–Crippen LogP) is 2.16. The summed E-state index contributed by atoms with van der Waals surface area (Å²) in [6.45, 7) is 3.45. The van der Waals surface area contributed by atoms with E-state index in [0.29, 0.717) is 19.1 Å². The van der Waals surface area contributed by atoms with Gasteiger partial charge in [-0.3, -0.25) is 19.8 Å². The molecule has 0 radical (unpaired) electrons. The van der Waals surface area contributed by atoms with E-state index in [-0.39, 0.29) is 5.92 Å². The van der Waals surface area contributed by atoms with Crippen LogP contribution in [0, 0.1) is 5.92 Å². The number of carboxylic acids is 1. The van der Waals surface area contributed by atoms with Gasteiger partial charge in [0.05, 0.1) is 11.6 Å². The van der Waals surface area contributed by atoms with Gasteiger partial charge in [-0.15, -0.1) is 0 Å². The SMILES string of the molecule is CC1CCC(C(=O)O)CN1Cc1cc(-c2ccncc2)n[nH]1. The van der Waals surface area contributed by atoms with E-state index in [9.17, 15) is 9.90 Å². The monoisotopic (exact) mass is 300 g/mol. The first-order valence-electron chi connectivity index (χ1n) is 7.55. The van der Waals surface area contributed by atoms with Crippen molar-refractivity contribution < 1.29 is 9.90 Å². The molecule has 0 amide bonds. The molecule has 1 aliphatic heterocycles. The zero-order chi connectivity index (χ0) is 15.5. The third-order valence-electron chi connectivity index (χ3n) is 4.34. The lowest BCUT2D eigenvalue weighted by molar-refractivity contribution is -0.144. The topological polar surface area (TPSA) is 82.1 Å². The van der Waals surface area contributed by atoms with Crippen LogP contribution in [0.2, 0.25) is 0 Å². The van der Waals surface area contributed by atoms with Gasteiger partial charge in [0.1, 0.15) is 0 Å². The zero-order valence-electron chi connectivity index (χ0n) is 12.6. The van der Waals surface area contributed by atoms with Gasteiger partial charge in [-0.05, 0) is 38.0 Å². The van der Waals surface area contributed by atoms with E-state index in [1.807, 2.05) is 18.2 Å². The number of carbonyl (C=O) groups is 1. The molecular weight excluding hydrogens is 280 g/mol. The number of H-pyrrole nitrogens is 1. The molecule has 22 heavy (non-hydrogen) atoms. The molecule has 0 bridgehead atoms. The van der Waals surface area contributed by atoms with Crippen molar-refractivity contribution in [3.05, 3.63) is 36.3 Å². The number of carboxylic acid groups (broad SMARTS) is 1. The van der Waals surface area contributed by atoms with Crippen LogP contribution in [0.1, 0.15) is 25.5 Å². The maximum absolute atomic E-state index is 11.2. The van der Waals surface area contributed by atoms with Crippen LogP contribution < -0.4 is 0 Å². The number of nitrogens with one attached hydrogen (secondary N) is 1. The van der Waals surface area contributed by atoms with E-state index in [0.717, 1.165) is 29.8 Å². The normalized spacial score (nSPS) is 22.6. The lowest BCUT2D eigenvalue weighted by Gasteiger charge is -2.36. The zero-order valence-corrected chi connectivity index (χ0v) is 12.6. The minimum Gasteiger partial charge on any atom is -0.481 e. The first kappa shape index (κ1) is 14.7. The fraction of sp³-hybridized carbons (Fsp3) is 0.438. The summed E-state index contributed by atoms with van der Waals surface area (Å²) in [6.07, 6.45) is 5.17. The summed E-state index contributed by atoms with van der Waals surface area (Å²) in [6, 6.07) is 6.25. The average Bonchev–Trinajstić information content (AvgIpc) is 2.99. The predicted molar refractivity (Wildman–Crippen MR) is 82.1 cm³/mol. The standard InChI is InChI=1S/C16H20N4O2/c1-11-2-3-13(16(21)22)9-20(11)10-14-8-15(19-18-14)12-4-6-17-7-5-12/h4-8,11,13H,2-3,9-10H2,1H3,(H,18,19)(H,21,22). The van der Waals surface area contributed by atoms with Gasteiger partial charge in [0, 0.05) is 42.8 Å². The first-order chi connectivity index (χ1) is 10.6. The maximum Gasteiger partial charge on any atom is 0.307 e. The molecule has 2 N–H and O–H groups in total. The van der Waals surface area contributed by atoms with Gasteiger partial charge in [0.25, 0.3) is 0 Å². The lowest BCUT2D eigenvalue weighted by Crippen LogP contribution is -2.43. The Balaban J connectivity index is 1.70. The molecule has 2 aromatic heterocycles. The highest BCUT2D eigenvalue weighted by Crippen LogP contribution is 2.24. The molecule has 6 nitrogen and oxygen atoms in total. The fourth-order valence-corrected chi connectivity index (χ4v) is 2.93. The first-order valence-corrected chi connectivity index (χ1v) is 7.55. The molecule has 0 aromatic carbocycles. The molecule has 2 unspecified atom stereocenters. The lowest BCUT2D eigenvalue weighted by atomic mass is 9.93. The summed E-state index contributed by atoms with van der Waals surface area (Å²) in [5.74, 6) is -0.960. The molecule has 1 aliphatic rings. The molecule has 0 spiro atoms. The number of nitrogens with zero attached hydrogens (tertiary/aromatic N) is 3. The Morgan fingerprint density at radius 3 is 2.91 bits per heavy atom. The number of rotatable bonds is 4. The number of pyridine rings is 1. The Morgan fingerprint density at radius 2 is 2.18 bits per heavy atom. The van der Waals surface area contributed by atoms with Crippen molar-refractivity contribution in [3.8, 4) is 11.3 Å². The van der Waals surface area contributed by atoms with E-state index in [1.165, 1.54) is 0 Å². The molecule has 1 fully saturated rings. The van der Waals surface area contributed by atoms with Crippen LogP contribution in [-0.4, -0.2) is 43.7 Å². The number of piperidine rings is 1. The van der Waals surface area contributed by atoms with E-state index in [4.69, 9.17) is 0 Å². The quantitative estimate of drug-likeness (QED) is 0.904. The number of aromatic amines is 1. The molecule has 0 saturated carbocycles. The highest BCUT2D eigenvalue weighted by molar-refractivity contribution is 5.70. The van der Waals surface area contributed by atoms with Crippen LogP contribution in [0.25, 0.3) is 11.3 Å². The van der Waals surface area contributed by atoms with Crippen LogP contribution in [0.5, 0.6) is 0 Å². The molecular formula is C16H20N4O2. The van der Waals surface area contributed by atoms with Gasteiger partial charge in [-0.25, -0.2) is 0 Å². The molecule has 3 heterocycles. The van der Waals surface area contributed by atoms with E-state index in [1.54, 1.807) is 12.4 Å². The third-order valence-corrected chi connectivity index (χ3v) is 4.34. The molecule has 0 aliphatic carbocycles. The minimum atomic E-state index is -0.695. The summed E-state index contributed by atoms with van der Waals surface area (Å²) in [4.78, 5) is 17.4. The van der Waals surface area contributed by atoms with Crippen LogP contribution in [0.3, 0.4) is 0 Å². The molecule has 1 saturated heterocycles. The maximum atomic E-state index is 11.2. The Hall–Kier alpha value is -2.21. The molecule has 2 aromatic rings. The van der Waals surface area contributed by atoms with Crippen molar-refractivity contribution in [3.63, 3.8) is 0 Å². The second kappa shape index (κ2) is 6.27. The Morgan fingerprint density at radius 1 is 1.41 bits per heavy atom. The van der Waals surface area contributed by atoms with Crippen LogP contribution in [0.4, 0.5) is 0 Å². The van der Waals surface area contributed by atoms with Gasteiger partial charge in [0.15, 0.2) is 0 Å². The largest absolute Gasteiger partial charge is 0.481 e. The van der Waals surface area contributed by atoms with Crippen molar-refractivity contribution in [2.24, 2.45) is 5.92 Å². The number of hydrogen-bond donors (Lipinski definition) is 2. The Bertz CT molecular complexity index is 641. The van der Waals surface area contributed by atoms with Gasteiger partial charge in [-0.2, -0.15) is 5.10 Å². The molecule has 116 valence electrons. The van der Waals surface area contributed by atoms with Crippen molar-refractivity contribution in [1.82, 2.24) is 20.1 Å². The summed E-state index contributed by atoms with van der Waals surface area (Å²) in [7, 11) is 0. The Labute approximate surface area is 129 Å². The van der Waals surface area contributed by atoms with E-state index >= 15 is 0 Å². The third kappa shape index (κ3) is 3.17. The number of aliphatic carboxylic acids is 1. The summed E-state index contributed by atoms with van der Waals surface area (Å²) >= 11 is 0. The van der Waals surface area contributed by atoms with Crippen LogP contribution in [0.15, 0.2) is 30.6 Å². The Kier molecular flexibility index (Phi) is 4.20. The van der Waals surface area contributed by atoms with Gasteiger partial charge in [0.2, 0.25) is 0 Å². The van der Waals surface area contributed by atoms with E-state index in [2.05, 4.69) is 27.0 Å². The second-order valence-corrected chi connectivity index (χ2v) is 5.91. The number of hydrogen-bond acceptors (Lipinski definition) is 4. The number of aromatic nitrogens is 3. The van der Waals surface area contributed by atoms with Gasteiger partial charge >= 0.3 is 5.97 Å². The minimum absolute atomic E-state index is 0.265. The molecule has 2 atom stereocenters. The van der Waals surface area contributed by atoms with Gasteiger partial charge in [-0.1, -0.05) is 0 Å². The smallest absolute Gasteiger partial charge is 0.307 e. The highest BCUT2D eigenvalue weighted by atomic mass is 16.4. The van der Waals surface area contributed by atoms with Crippen molar-refractivity contribution in [1.29, 1.82) is 0 Å².